The van der Waals surface area contributed by atoms with Gasteiger partial charge in [0.1, 0.15) is 0 Å². The van der Waals surface area contributed by atoms with Gasteiger partial charge < -0.3 is 30.6 Å². The summed E-state index contributed by atoms with van der Waals surface area (Å²) in [6.45, 7) is 12.6. The Kier molecular flexibility index (Phi) is 7.12. The summed E-state index contributed by atoms with van der Waals surface area (Å²) in [5, 5.41) is 66.0. The van der Waals surface area contributed by atoms with Gasteiger partial charge in [-0.2, -0.15) is 0 Å². The van der Waals surface area contributed by atoms with Crippen molar-refractivity contribution >= 4 is 0 Å². The predicted molar refractivity (Wildman–Crippen MR) is 131 cm³/mol. The Morgan fingerprint density at radius 1 is 1.00 bits per heavy atom. The summed E-state index contributed by atoms with van der Waals surface area (Å²) < 4.78 is 0. The van der Waals surface area contributed by atoms with Crippen molar-refractivity contribution in [1.82, 2.24) is 0 Å². The van der Waals surface area contributed by atoms with E-state index in [1.54, 1.807) is 0 Å². The predicted octanol–water partition coefficient (Wildman–Crippen LogP) is 2.63. The lowest BCUT2D eigenvalue weighted by Gasteiger charge is -2.65. The lowest BCUT2D eigenvalue weighted by atomic mass is 9.42. The second-order valence-corrected chi connectivity index (χ2v) is 13.1. The standard InChI is InChI=1S/C28H48O6/c1-15(17(3)14-29)6-7-16(2)22-23(32)24(33)25-27(22,5)11-9-21-26(4)10-8-18(30)12-19(26)20(31)13-28(21,25)34/h16-25,29-34H,1,6-14H2,2-5H3/t16-,17+,18+,19-,20-,21-,22+,23-,24+,25-,26+,27-,28+/m1/s1. The molecule has 0 radical (unpaired) electrons. The van der Waals surface area contributed by atoms with Crippen LogP contribution in [0.1, 0.15) is 79.1 Å². The Hall–Kier alpha value is -0.500. The molecule has 0 aromatic heterocycles. The fourth-order valence-electron chi connectivity index (χ4n) is 9.48. The molecule has 0 heterocycles. The average Bonchev–Trinajstić information content (AvgIpc) is 2.98. The smallest absolute Gasteiger partial charge is 0.0863 e. The van der Waals surface area contributed by atoms with Gasteiger partial charge in [0.15, 0.2) is 0 Å². The second-order valence-electron chi connectivity index (χ2n) is 13.1. The molecule has 34 heavy (non-hydrogen) atoms. The zero-order valence-corrected chi connectivity index (χ0v) is 21.5. The van der Waals surface area contributed by atoms with E-state index in [9.17, 15) is 30.6 Å². The third-order valence-electron chi connectivity index (χ3n) is 11.3. The minimum absolute atomic E-state index is 0.0391. The largest absolute Gasteiger partial charge is 0.396 e. The third kappa shape index (κ3) is 3.83. The van der Waals surface area contributed by atoms with Crippen LogP contribution in [0.15, 0.2) is 12.2 Å². The molecular weight excluding hydrogens is 432 g/mol. The fraction of sp³-hybridized carbons (Fsp3) is 0.929. The number of aliphatic hydroxyl groups is 6. The van der Waals surface area contributed by atoms with Crippen LogP contribution >= 0.6 is 0 Å². The molecule has 4 aliphatic rings. The van der Waals surface area contributed by atoms with Crippen molar-refractivity contribution in [3.8, 4) is 0 Å². The molecule has 13 atom stereocenters. The van der Waals surface area contributed by atoms with Gasteiger partial charge in [0.25, 0.3) is 0 Å². The maximum Gasteiger partial charge on any atom is 0.0863 e. The molecule has 0 saturated heterocycles. The number of rotatable bonds is 6. The first kappa shape index (κ1) is 26.6. The van der Waals surface area contributed by atoms with Gasteiger partial charge in [-0.05, 0) is 85.4 Å². The summed E-state index contributed by atoms with van der Waals surface area (Å²) in [7, 11) is 0. The Bertz CT molecular complexity index is 772. The van der Waals surface area contributed by atoms with E-state index in [0.29, 0.717) is 12.8 Å². The Labute approximate surface area is 205 Å². The molecule has 0 unspecified atom stereocenters. The number of hydrogen-bond donors (Lipinski definition) is 6. The molecule has 6 heteroatoms. The highest BCUT2D eigenvalue weighted by atomic mass is 16.3. The van der Waals surface area contributed by atoms with Crippen LogP contribution in [-0.4, -0.2) is 67.3 Å². The van der Waals surface area contributed by atoms with Gasteiger partial charge >= 0.3 is 0 Å². The van der Waals surface area contributed by atoms with Crippen molar-refractivity contribution in [1.29, 1.82) is 0 Å². The van der Waals surface area contributed by atoms with Crippen molar-refractivity contribution in [3.05, 3.63) is 12.2 Å². The zero-order chi connectivity index (χ0) is 25.2. The Morgan fingerprint density at radius 3 is 2.29 bits per heavy atom. The van der Waals surface area contributed by atoms with Crippen molar-refractivity contribution in [2.45, 2.75) is 109 Å². The van der Waals surface area contributed by atoms with Gasteiger partial charge in [-0.1, -0.05) is 39.8 Å². The summed E-state index contributed by atoms with van der Waals surface area (Å²) >= 11 is 0. The van der Waals surface area contributed by atoms with Gasteiger partial charge in [-0.15, -0.1) is 0 Å². The topological polar surface area (TPSA) is 121 Å². The molecule has 6 nitrogen and oxygen atoms in total. The molecule has 0 bridgehead atoms. The van der Waals surface area contributed by atoms with Gasteiger partial charge in [0.2, 0.25) is 0 Å². The van der Waals surface area contributed by atoms with Gasteiger partial charge in [0.05, 0.1) is 30.0 Å². The van der Waals surface area contributed by atoms with Crippen molar-refractivity contribution in [2.75, 3.05) is 6.61 Å². The Morgan fingerprint density at radius 2 is 1.65 bits per heavy atom. The zero-order valence-electron chi connectivity index (χ0n) is 21.5. The van der Waals surface area contributed by atoms with Gasteiger partial charge in [-0.25, -0.2) is 0 Å². The molecular formula is C28H48O6. The molecule has 4 rings (SSSR count). The molecule has 4 saturated carbocycles. The van der Waals surface area contributed by atoms with E-state index in [2.05, 4.69) is 27.4 Å². The molecule has 0 aromatic carbocycles. The highest BCUT2D eigenvalue weighted by Crippen LogP contribution is 2.69. The number of hydrogen-bond acceptors (Lipinski definition) is 6. The summed E-state index contributed by atoms with van der Waals surface area (Å²) in [6.07, 6.45) is 2.29. The van der Waals surface area contributed by atoms with Gasteiger partial charge in [0, 0.05) is 18.9 Å². The minimum Gasteiger partial charge on any atom is -0.396 e. The molecule has 0 aromatic rings. The summed E-state index contributed by atoms with van der Waals surface area (Å²) in [5.41, 5.74) is -0.978. The van der Waals surface area contributed by atoms with Crippen molar-refractivity contribution in [3.63, 3.8) is 0 Å². The van der Waals surface area contributed by atoms with E-state index in [0.717, 1.165) is 37.7 Å². The lowest BCUT2D eigenvalue weighted by molar-refractivity contribution is -0.264. The SMILES string of the molecule is C=C(CC[C@@H](C)[C@H]1[C@@H](O)[C@H](O)[C@@H]2[C@]1(C)CC[C@@H]1[C@@]3(C)CC[C@H](O)C[C@@H]3[C@H](O)C[C@]12O)[C@@H](C)CO. The minimum atomic E-state index is -1.25. The van der Waals surface area contributed by atoms with E-state index >= 15 is 0 Å². The third-order valence-corrected chi connectivity index (χ3v) is 11.3. The van der Waals surface area contributed by atoms with Crippen molar-refractivity contribution in [2.24, 2.45) is 46.3 Å². The maximum absolute atomic E-state index is 12.3. The molecule has 0 amide bonds. The fourth-order valence-corrected chi connectivity index (χ4v) is 9.48. The van der Waals surface area contributed by atoms with Crippen LogP contribution in [0.2, 0.25) is 0 Å². The highest BCUT2D eigenvalue weighted by Gasteiger charge is 2.72. The van der Waals surface area contributed by atoms with Crippen LogP contribution < -0.4 is 0 Å². The van der Waals surface area contributed by atoms with Crippen LogP contribution in [0.3, 0.4) is 0 Å². The summed E-state index contributed by atoms with van der Waals surface area (Å²) in [6, 6.07) is 0. The van der Waals surface area contributed by atoms with E-state index < -0.39 is 41.3 Å². The first-order valence-corrected chi connectivity index (χ1v) is 13.5. The first-order valence-electron chi connectivity index (χ1n) is 13.5. The average molecular weight is 481 g/mol. The van der Waals surface area contributed by atoms with Crippen LogP contribution in [0.5, 0.6) is 0 Å². The molecule has 4 fully saturated rings. The van der Waals surface area contributed by atoms with Gasteiger partial charge in [-0.3, -0.25) is 0 Å². The second kappa shape index (κ2) is 9.11. The monoisotopic (exact) mass is 480 g/mol. The van der Waals surface area contributed by atoms with Crippen LogP contribution in [-0.2, 0) is 0 Å². The summed E-state index contributed by atoms with van der Waals surface area (Å²) in [5.74, 6) is -0.629. The number of fused-ring (bicyclic) bond motifs is 5. The van der Waals surface area contributed by atoms with E-state index in [-0.39, 0.29) is 48.0 Å². The van der Waals surface area contributed by atoms with E-state index in [4.69, 9.17) is 0 Å². The van der Waals surface area contributed by atoms with Crippen molar-refractivity contribution < 1.29 is 30.6 Å². The lowest BCUT2D eigenvalue weighted by Crippen LogP contribution is -2.68. The summed E-state index contributed by atoms with van der Waals surface area (Å²) in [4.78, 5) is 0. The molecule has 6 N–H and O–H groups in total. The highest BCUT2D eigenvalue weighted by molar-refractivity contribution is 5.21. The molecule has 0 spiro atoms. The van der Waals surface area contributed by atoms with Crippen LogP contribution in [0.25, 0.3) is 0 Å². The Balaban J connectivity index is 1.62. The van der Waals surface area contributed by atoms with E-state index in [1.807, 2.05) is 6.92 Å². The quantitative estimate of drug-likeness (QED) is 0.325. The molecule has 0 aliphatic heterocycles. The van der Waals surface area contributed by atoms with Crippen LogP contribution in [0, 0.1) is 46.3 Å². The maximum atomic E-state index is 12.3. The molecule has 196 valence electrons. The number of aliphatic hydroxyl groups excluding tert-OH is 5. The van der Waals surface area contributed by atoms with Crippen LogP contribution in [0.4, 0.5) is 0 Å². The normalized spacial score (nSPS) is 52.3. The van der Waals surface area contributed by atoms with E-state index in [1.165, 1.54) is 0 Å². The first-order chi connectivity index (χ1) is 15.8. The molecule has 4 aliphatic carbocycles.